The van der Waals surface area contributed by atoms with Gasteiger partial charge in [0.1, 0.15) is 0 Å². The molecule has 2 heterocycles. The van der Waals surface area contributed by atoms with E-state index in [1.54, 1.807) is 22.7 Å². The Morgan fingerprint density at radius 1 is 1.36 bits per heavy atom. The fraction of sp³-hybridized carbons (Fsp3) is 0.333. The minimum Gasteiger partial charge on any atom is -0.311 e. The Kier molecular flexibility index (Phi) is 3.23. The molecule has 2 aromatic heterocycles. The Hall–Kier alpha value is -0.780. The molecule has 3 nitrogen and oxygen atoms in total. The third kappa shape index (κ3) is 2.17. The Morgan fingerprint density at radius 2 is 2.29 bits per heavy atom. The van der Waals surface area contributed by atoms with Crippen molar-refractivity contribution in [1.29, 1.82) is 0 Å². The van der Waals surface area contributed by atoms with E-state index in [4.69, 9.17) is 0 Å². The molecule has 5 heteroatoms. The van der Waals surface area contributed by atoms with Crippen molar-refractivity contribution in [1.82, 2.24) is 15.3 Å². The largest absolute Gasteiger partial charge is 0.311 e. The van der Waals surface area contributed by atoms with Gasteiger partial charge in [0.2, 0.25) is 0 Å². The van der Waals surface area contributed by atoms with Gasteiger partial charge < -0.3 is 5.32 Å². The second-order valence-electron chi connectivity index (χ2n) is 2.76. The Bertz CT molecular complexity index is 380. The summed E-state index contributed by atoms with van der Waals surface area (Å²) in [6.07, 6.45) is 1.81. The zero-order chi connectivity index (χ0) is 9.80. The third-order valence-corrected chi connectivity index (χ3v) is 3.53. The summed E-state index contributed by atoms with van der Waals surface area (Å²) in [6.45, 7) is 3.91. The summed E-state index contributed by atoms with van der Waals surface area (Å²) in [6, 6.07) is 0. The van der Waals surface area contributed by atoms with Gasteiger partial charge in [-0.3, -0.25) is 0 Å². The maximum absolute atomic E-state index is 4.49. The van der Waals surface area contributed by atoms with Crippen molar-refractivity contribution in [3.05, 3.63) is 22.7 Å². The molecule has 0 saturated carbocycles. The van der Waals surface area contributed by atoms with E-state index in [1.807, 2.05) is 11.6 Å². The Labute approximate surface area is 90.9 Å². The molecule has 1 N–H and O–H groups in total. The highest BCUT2D eigenvalue weighted by molar-refractivity contribution is 7.19. The van der Waals surface area contributed by atoms with Gasteiger partial charge in [-0.2, -0.15) is 0 Å². The first-order valence-corrected chi connectivity index (χ1v) is 6.21. The van der Waals surface area contributed by atoms with Crippen LogP contribution < -0.4 is 5.32 Å². The molecular weight excluding hydrogens is 214 g/mol. The van der Waals surface area contributed by atoms with Crippen molar-refractivity contribution in [3.8, 4) is 10.0 Å². The van der Waals surface area contributed by atoms with Crippen molar-refractivity contribution in [2.75, 3.05) is 6.54 Å². The summed E-state index contributed by atoms with van der Waals surface area (Å²) in [5, 5.41) is 9.34. The van der Waals surface area contributed by atoms with E-state index >= 15 is 0 Å². The van der Waals surface area contributed by atoms with Gasteiger partial charge in [0.15, 0.2) is 10.0 Å². The van der Waals surface area contributed by atoms with Crippen molar-refractivity contribution < 1.29 is 0 Å². The molecule has 74 valence electrons. The van der Waals surface area contributed by atoms with E-state index < -0.39 is 0 Å². The van der Waals surface area contributed by atoms with Crippen LogP contribution in [0.1, 0.15) is 12.6 Å². The number of nitrogens with zero attached hydrogens (tertiary/aromatic N) is 2. The first kappa shape index (κ1) is 9.76. The lowest BCUT2D eigenvalue weighted by Gasteiger charge is -1.94. The fourth-order valence-corrected chi connectivity index (χ4v) is 2.58. The Morgan fingerprint density at radius 3 is 3.00 bits per heavy atom. The topological polar surface area (TPSA) is 37.8 Å². The molecule has 0 aliphatic carbocycles. The lowest BCUT2D eigenvalue weighted by Crippen LogP contribution is -2.11. The van der Waals surface area contributed by atoms with Crippen LogP contribution in [0.3, 0.4) is 0 Å². The van der Waals surface area contributed by atoms with Gasteiger partial charge in [-0.1, -0.05) is 6.92 Å². The maximum Gasteiger partial charge on any atom is 0.152 e. The molecule has 0 fully saturated rings. The lowest BCUT2D eigenvalue weighted by atomic mass is 10.5. The summed E-state index contributed by atoms with van der Waals surface area (Å²) in [5.74, 6) is 0. The zero-order valence-corrected chi connectivity index (χ0v) is 9.49. The van der Waals surface area contributed by atoms with Crippen molar-refractivity contribution in [2.45, 2.75) is 13.5 Å². The number of aromatic nitrogens is 2. The van der Waals surface area contributed by atoms with Gasteiger partial charge in [-0.15, -0.1) is 22.7 Å². The van der Waals surface area contributed by atoms with Gasteiger partial charge >= 0.3 is 0 Å². The highest BCUT2D eigenvalue weighted by Gasteiger charge is 2.05. The fourth-order valence-electron chi connectivity index (χ4n) is 1.07. The van der Waals surface area contributed by atoms with E-state index in [0.717, 1.165) is 28.8 Å². The van der Waals surface area contributed by atoms with Gasteiger partial charge in [-0.05, 0) is 6.54 Å². The Balaban J connectivity index is 2.10. The summed E-state index contributed by atoms with van der Waals surface area (Å²) < 4.78 is 0. The normalized spacial score (nSPS) is 10.6. The van der Waals surface area contributed by atoms with Crippen LogP contribution in [0.2, 0.25) is 0 Å². The molecule has 0 radical (unpaired) electrons. The van der Waals surface area contributed by atoms with Gasteiger partial charge in [0.25, 0.3) is 0 Å². The predicted octanol–water partition coefficient (Wildman–Crippen LogP) is 2.38. The molecule has 0 aliphatic heterocycles. The standard InChI is InChI=1S/C9H11N3S2/c1-2-10-5-7-6-14-9(12-7)8-11-3-4-13-8/h3-4,6,10H,2,5H2,1H3. The van der Waals surface area contributed by atoms with Crippen LogP contribution in [-0.4, -0.2) is 16.5 Å². The van der Waals surface area contributed by atoms with Crippen molar-refractivity contribution in [2.24, 2.45) is 0 Å². The van der Waals surface area contributed by atoms with Gasteiger partial charge in [0.05, 0.1) is 5.69 Å². The number of nitrogens with one attached hydrogen (secondary N) is 1. The highest BCUT2D eigenvalue weighted by atomic mass is 32.1. The molecule has 0 unspecified atom stereocenters. The average Bonchev–Trinajstić information content (AvgIpc) is 2.85. The molecule has 0 saturated heterocycles. The molecule has 0 bridgehead atoms. The third-order valence-electron chi connectivity index (χ3n) is 1.72. The van der Waals surface area contributed by atoms with Crippen LogP contribution in [0.4, 0.5) is 0 Å². The monoisotopic (exact) mass is 225 g/mol. The molecule has 0 aliphatic rings. The van der Waals surface area contributed by atoms with E-state index in [-0.39, 0.29) is 0 Å². The average molecular weight is 225 g/mol. The molecule has 0 aromatic carbocycles. The summed E-state index contributed by atoms with van der Waals surface area (Å²) >= 11 is 3.28. The van der Waals surface area contributed by atoms with Crippen LogP contribution >= 0.6 is 22.7 Å². The molecule has 14 heavy (non-hydrogen) atoms. The summed E-state index contributed by atoms with van der Waals surface area (Å²) in [5.41, 5.74) is 1.10. The minimum atomic E-state index is 0.846. The van der Waals surface area contributed by atoms with Gasteiger partial charge in [-0.25, -0.2) is 9.97 Å². The van der Waals surface area contributed by atoms with Crippen molar-refractivity contribution >= 4 is 22.7 Å². The van der Waals surface area contributed by atoms with E-state index in [9.17, 15) is 0 Å². The number of rotatable bonds is 4. The van der Waals surface area contributed by atoms with Crippen molar-refractivity contribution in [3.63, 3.8) is 0 Å². The first-order chi connectivity index (χ1) is 6.90. The van der Waals surface area contributed by atoms with Crippen LogP contribution in [0.25, 0.3) is 10.0 Å². The van der Waals surface area contributed by atoms with E-state index in [1.165, 1.54) is 0 Å². The summed E-state index contributed by atoms with van der Waals surface area (Å²) in [4.78, 5) is 8.72. The van der Waals surface area contributed by atoms with Crippen LogP contribution in [-0.2, 0) is 6.54 Å². The second kappa shape index (κ2) is 4.63. The number of hydrogen-bond donors (Lipinski definition) is 1. The van der Waals surface area contributed by atoms with Crippen LogP contribution in [0.5, 0.6) is 0 Å². The van der Waals surface area contributed by atoms with Crippen LogP contribution in [0.15, 0.2) is 17.0 Å². The van der Waals surface area contributed by atoms with Gasteiger partial charge in [0, 0.05) is 23.5 Å². The minimum absolute atomic E-state index is 0.846. The van der Waals surface area contributed by atoms with E-state index in [0.29, 0.717) is 0 Å². The summed E-state index contributed by atoms with van der Waals surface area (Å²) in [7, 11) is 0. The maximum atomic E-state index is 4.49. The zero-order valence-electron chi connectivity index (χ0n) is 7.86. The lowest BCUT2D eigenvalue weighted by molar-refractivity contribution is 0.715. The van der Waals surface area contributed by atoms with Crippen LogP contribution in [0, 0.1) is 0 Å². The predicted molar refractivity (Wildman–Crippen MR) is 60.6 cm³/mol. The first-order valence-electron chi connectivity index (χ1n) is 4.45. The molecule has 0 amide bonds. The highest BCUT2D eigenvalue weighted by Crippen LogP contribution is 2.25. The van der Waals surface area contributed by atoms with E-state index in [2.05, 4.69) is 27.6 Å². The number of thiazole rings is 2. The smallest absolute Gasteiger partial charge is 0.152 e. The SMILES string of the molecule is CCNCc1csc(-c2nccs2)n1. The molecule has 0 spiro atoms. The molecule has 0 atom stereocenters. The number of hydrogen-bond acceptors (Lipinski definition) is 5. The molecule has 2 aromatic rings. The molecule has 2 rings (SSSR count). The second-order valence-corrected chi connectivity index (χ2v) is 4.51. The molecular formula is C9H11N3S2. The quantitative estimate of drug-likeness (QED) is 0.868.